The summed E-state index contributed by atoms with van der Waals surface area (Å²) in [6.07, 6.45) is 1.97. The summed E-state index contributed by atoms with van der Waals surface area (Å²) in [6.45, 7) is 0. The fourth-order valence-corrected chi connectivity index (χ4v) is 7.51. The van der Waals surface area contributed by atoms with Crippen molar-refractivity contribution in [1.82, 2.24) is 0 Å². The molecular formula is C32H34S4. The molecule has 0 fully saturated rings. The monoisotopic (exact) mass is 546 g/mol. The fraction of sp³-hybridized carbons (Fsp3) is 0.250. The Morgan fingerprint density at radius 2 is 1.00 bits per heavy atom. The lowest BCUT2D eigenvalue weighted by molar-refractivity contribution is 0.303. The van der Waals surface area contributed by atoms with Gasteiger partial charge >= 0.3 is 0 Å². The Morgan fingerprint density at radius 1 is 0.556 bits per heavy atom. The van der Waals surface area contributed by atoms with Gasteiger partial charge in [-0.3, -0.25) is 0 Å². The van der Waals surface area contributed by atoms with Crippen molar-refractivity contribution in [3.8, 4) is 0 Å². The third-order valence-electron chi connectivity index (χ3n) is 7.20. The van der Waals surface area contributed by atoms with Crippen LogP contribution in [0, 0.1) is 0 Å². The fourth-order valence-electron chi connectivity index (χ4n) is 5.48. The van der Waals surface area contributed by atoms with Crippen LogP contribution in [0.4, 0.5) is 0 Å². The molecule has 36 heavy (non-hydrogen) atoms. The van der Waals surface area contributed by atoms with Gasteiger partial charge in [-0.25, -0.2) is 0 Å². The molecule has 0 amide bonds. The van der Waals surface area contributed by atoms with Crippen LogP contribution >= 0.6 is 50.5 Å². The van der Waals surface area contributed by atoms with Gasteiger partial charge in [0.05, 0.1) is 0 Å². The van der Waals surface area contributed by atoms with Crippen LogP contribution in [-0.4, -0.2) is 11.0 Å². The number of hydrogen-bond donors (Lipinski definition) is 4. The first-order chi connectivity index (χ1) is 17.6. The van der Waals surface area contributed by atoms with Crippen LogP contribution in [0.5, 0.6) is 0 Å². The lowest BCUT2D eigenvalue weighted by Crippen LogP contribution is -2.47. The molecule has 5 unspecified atom stereocenters. The first-order valence-corrected chi connectivity index (χ1v) is 14.6. The van der Waals surface area contributed by atoms with E-state index in [0.29, 0.717) is 0 Å². The van der Waals surface area contributed by atoms with Crippen molar-refractivity contribution >= 4 is 50.5 Å². The minimum atomic E-state index is -0.471. The van der Waals surface area contributed by atoms with Crippen molar-refractivity contribution < 1.29 is 0 Å². The third-order valence-corrected chi connectivity index (χ3v) is 9.80. The second-order valence-electron chi connectivity index (χ2n) is 9.24. The van der Waals surface area contributed by atoms with Gasteiger partial charge in [-0.2, -0.15) is 50.5 Å². The van der Waals surface area contributed by atoms with E-state index in [1.165, 1.54) is 16.7 Å². The Bertz CT molecular complexity index is 1170. The summed E-state index contributed by atoms with van der Waals surface area (Å²) in [5.74, 6) is 0.980. The summed E-state index contributed by atoms with van der Waals surface area (Å²) in [6, 6.07) is 42.8. The summed E-state index contributed by atoms with van der Waals surface area (Å²) >= 11 is 20.8. The lowest BCUT2D eigenvalue weighted by atomic mass is 9.59. The van der Waals surface area contributed by atoms with Crippen molar-refractivity contribution in [2.45, 2.75) is 39.9 Å². The van der Waals surface area contributed by atoms with Crippen LogP contribution in [0.1, 0.15) is 51.5 Å². The van der Waals surface area contributed by atoms with E-state index in [2.05, 4.69) is 128 Å². The molecule has 4 aromatic carbocycles. The molecule has 0 saturated carbocycles. The highest BCUT2D eigenvalue weighted by Gasteiger charge is 2.52. The molecule has 0 aromatic heterocycles. The molecule has 0 nitrogen and oxygen atoms in total. The van der Waals surface area contributed by atoms with Crippen LogP contribution in [0.3, 0.4) is 0 Å². The highest BCUT2D eigenvalue weighted by molar-refractivity contribution is 7.85. The van der Waals surface area contributed by atoms with E-state index in [1.807, 2.05) is 6.07 Å². The summed E-state index contributed by atoms with van der Waals surface area (Å²) in [5.41, 5.74) is 4.41. The second-order valence-corrected chi connectivity index (χ2v) is 11.3. The standard InChI is InChI=1S/C32H34S4/c33-23-13-22-28(24-14-5-1-6-15-24)32(27-20-11-4-12-21-27,30(35)26-18-9-3-10-19-26)31(36)29(34)25-16-7-2-8-17-25/h1-12,14-21,28-31,33-36H,13,22-23H2. The molecule has 0 N–H and O–H groups in total. The Kier molecular flexibility index (Phi) is 10.0. The van der Waals surface area contributed by atoms with Crippen LogP contribution < -0.4 is 0 Å². The number of benzene rings is 4. The van der Waals surface area contributed by atoms with Gasteiger partial charge in [-0.15, -0.1) is 0 Å². The van der Waals surface area contributed by atoms with Gasteiger partial charge in [0.25, 0.3) is 0 Å². The molecule has 0 heterocycles. The molecule has 0 aliphatic heterocycles. The van der Waals surface area contributed by atoms with E-state index >= 15 is 0 Å². The molecule has 0 aliphatic rings. The number of thiol groups is 4. The molecule has 0 spiro atoms. The van der Waals surface area contributed by atoms with E-state index < -0.39 is 5.41 Å². The first-order valence-electron chi connectivity index (χ1n) is 12.5. The molecule has 0 bridgehead atoms. The van der Waals surface area contributed by atoms with E-state index in [0.717, 1.165) is 24.2 Å². The SMILES string of the molecule is SCCCC(c1ccccc1)C(c1ccccc1)(C(S)c1ccccc1)C(S)C(S)c1ccccc1. The maximum atomic E-state index is 5.49. The van der Waals surface area contributed by atoms with Gasteiger partial charge in [0, 0.05) is 21.2 Å². The zero-order valence-electron chi connectivity index (χ0n) is 20.3. The van der Waals surface area contributed by atoms with E-state index in [9.17, 15) is 0 Å². The Labute approximate surface area is 238 Å². The van der Waals surface area contributed by atoms with Crippen LogP contribution in [0.15, 0.2) is 121 Å². The van der Waals surface area contributed by atoms with Gasteiger partial charge in [0.2, 0.25) is 0 Å². The zero-order valence-corrected chi connectivity index (χ0v) is 23.8. The minimum Gasteiger partial charge on any atom is -0.179 e. The average molecular weight is 547 g/mol. The highest BCUT2D eigenvalue weighted by atomic mass is 32.1. The summed E-state index contributed by atoms with van der Waals surface area (Å²) in [5, 5.41) is -0.360. The average Bonchev–Trinajstić information content (AvgIpc) is 2.96. The summed E-state index contributed by atoms with van der Waals surface area (Å²) in [7, 11) is 0. The predicted molar refractivity (Wildman–Crippen MR) is 170 cm³/mol. The maximum Gasteiger partial charge on any atom is 0.0392 e. The van der Waals surface area contributed by atoms with E-state index in [4.69, 9.17) is 37.9 Å². The highest BCUT2D eigenvalue weighted by Crippen LogP contribution is 2.59. The van der Waals surface area contributed by atoms with Gasteiger partial charge in [-0.1, -0.05) is 121 Å². The Balaban J connectivity index is 2.02. The normalized spacial score (nSPS) is 16.4. The van der Waals surface area contributed by atoms with Gasteiger partial charge in [0.15, 0.2) is 0 Å². The zero-order chi connectivity index (χ0) is 25.4. The quantitative estimate of drug-likeness (QED) is 0.133. The molecule has 4 rings (SSSR count). The van der Waals surface area contributed by atoms with E-state index in [1.54, 1.807) is 0 Å². The predicted octanol–water partition coefficient (Wildman–Crippen LogP) is 9.06. The molecule has 0 saturated heterocycles. The Morgan fingerprint density at radius 3 is 1.50 bits per heavy atom. The number of hydrogen-bond acceptors (Lipinski definition) is 4. The molecule has 5 atom stereocenters. The largest absolute Gasteiger partial charge is 0.179 e. The maximum absolute atomic E-state index is 5.49. The van der Waals surface area contributed by atoms with Gasteiger partial charge < -0.3 is 0 Å². The van der Waals surface area contributed by atoms with Crippen molar-refractivity contribution in [2.75, 3.05) is 5.75 Å². The molecule has 4 heteroatoms. The van der Waals surface area contributed by atoms with Crippen molar-refractivity contribution in [1.29, 1.82) is 0 Å². The van der Waals surface area contributed by atoms with Crippen molar-refractivity contribution in [2.24, 2.45) is 0 Å². The van der Waals surface area contributed by atoms with Gasteiger partial charge in [0.1, 0.15) is 0 Å². The van der Waals surface area contributed by atoms with Gasteiger partial charge in [-0.05, 0) is 46.8 Å². The lowest BCUT2D eigenvalue weighted by Gasteiger charge is -2.51. The van der Waals surface area contributed by atoms with E-state index in [-0.39, 0.29) is 21.7 Å². The smallest absolute Gasteiger partial charge is 0.0392 e. The van der Waals surface area contributed by atoms with Crippen LogP contribution in [0.2, 0.25) is 0 Å². The molecule has 4 aromatic rings. The molecule has 0 aliphatic carbocycles. The van der Waals surface area contributed by atoms with Crippen molar-refractivity contribution in [3.05, 3.63) is 144 Å². The number of rotatable bonds is 11. The second kappa shape index (κ2) is 13.2. The minimum absolute atomic E-state index is 0.102. The molecule has 0 radical (unpaired) electrons. The Hall–Kier alpha value is -1.72. The van der Waals surface area contributed by atoms with Crippen LogP contribution in [-0.2, 0) is 5.41 Å². The van der Waals surface area contributed by atoms with Crippen molar-refractivity contribution in [3.63, 3.8) is 0 Å². The first kappa shape index (κ1) is 27.3. The van der Waals surface area contributed by atoms with Crippen LogP contribution in [0.25, 0.3) is 0 Å². The summed E-state index contributed by atoms with van der Waals surface area (Å²) in [4.78, 5) is 0. The molecular weight excluding hydrogens is 513 g/mol. The third kappa shape index (κ3) is 5.72. The topological polar surface area (TPSA) is 0 Å². The molecule has 186 valence electrons. The summed E-state index contributed by atoms with van der Waals surface area (Å²) < 4.78 is 0.